The molecule has 0 aliphatic carbocycles. The van der Waals surface area contributed by atoms with Crippen LogP contribution in [0.4, 0.5) is 0 Å². The highest BCUT2D eigenvalue weighted by molar-refractivity contribution is 5.90. The van der Waals surface area contributed by atoms with Crippen LogP contribution in [0, 0.1) is 25.2 Å². The Kier molecular flexibility index (Phi) is 4.36. The molecule has 4 rings (SSSR count). The predicted octanol–water partition coefficient (Wildman–Crippen LogP) is 3.85. The minimum atomic E-state index is 0.582. The average molecular weight is 371 g/mol. The molecule has 140 valence electrons. The zero-order chi connectivity index (χ0) is 19.8. The highest BCUT2D eigenvalue weighted by Crippen LogP contribution is 2.35. The maximum atomic E-state index is 9.81. The van der Waals surface area contributed by atoms with Crippen LogP contribution in [-0.2, 0) is 13.5 Å². The van der Waals surface area contributed by atoms with E-state index in [2.05, 4.69) is 27.8 Å². The molecule has 0 radical (unpaired) electrons. The second-order valence-corrected chi connectivity index (χ2v) is 6.89. The molecule has 0 aliphatic rings. The SMILES string of the molecule is COc1c(Cc2cccnc2)cc(C#N)c2c1nc(-n1c(C)ccc1C)n2C. The molecule has 4 aromatic rings. The van der Waals surface area contributed by atoms with Crippen LogP contribution in [0.1, 0.15) is 28.1 Å². The van der Waals surface area contributed by atoms with Crippen molar-refractivity contribution in [1.82, 2.24) is 19.1 Å². The van der Waals surface area contributed by atoms with Gasteiger partial charge in [0.05, 0.1) is 18.2 Å². The van der Waals surface area contributed by atoms with E-state index < -0.39 is 0 Å². The van der Waals surface area contributed by atoms with Gasteiger partial charge >= 0.3 is 0 Å². The standard InChI is InChI=1S/C22H21N5O/c1-14-7-8-15(2)27(14)22-25-19-20(26(22)3)18(12-23)11-17(21(19)28-4)10-16-6-5-9-24-13-16/h5-9,11,13H,10H2,1-4H3. The molecule has 6 heteroatoms. The molecule has 1 aromatic carbocycles. The van der Waals surface area contributed by atoms with Gasteiger partial charge in [-0.15, -0.1) is 0 Å². The van der Waals surface area contributed by atoms with Crippen LogP contribution in [0.5, 0.6) is 5.75 Å². The van der Waals surface area contributed by atoms with Gasteiger partial charge in [0.15, 0.2) is 0 Å². The lowest BCUT2D eigenvalue weighted by atomic mass is 10.0. The number of aromatic nitrogens is 4. The van der Waals surface area contributed by atoms with E-state index in [-0.39, 0.29) is 0 Å². The van der Waals surface area contributed by atoms with E-state index in [4.69, 9.17) is 9.72 Å². The fraction of sp³-hybridized carbons (Fsp3) is 0.227. The van der Waals surface area contributed by atoms with Gasteiger partial charge in [0.2, 0.25) is 5.95 Å². The summed E-state index contributed by atoms with van der Waals surface area (Å²) in [7, 11) is 3.58. The number of fused-ring (bicyclic) bond motifs is 1. The van der Waals surface area contributed by atoms with E-state index in [1.54, 1.807) is 13.3 Å². The third-order valence-electron chi connectivity index (χ3n) is 5.07. The summed E-state index contributed by atoms with van der Waals surface area (Å²) >= 11 is 0. The maximum Gasteiger partial charge on any atom is 0.215 e. The lowest BCUT2D eigenvalue weighted by Gasteiger charge is -2.11. The first-order valence-corrected chi connectivity index (χ1v) is 9.05. The van der Waals surface area contributed by atoms with Gasteiger partial charge in [-0.2, -0.15) is 5.26 Å². The Bertz CT molecular complexity index is 1190. The van der Waals surface area contributed by atoms with Crippen LogP contribution in [0.2, 0.25) is 0 Å². The Morgan fingerprint density at radius 2 is 1.93 bits per heavy atom. The number of pyridine rings is 1. The quantitative estimate of drug-likeness (QED) is 0.546. The number of aryl methyl sites for hydroxylation is 3. The fourth-order valence-corrected chi connectivity index (χ4v) is 3.76. The number of ether oxygens (including phenoxy) is 1. The third kappa shape index (κ3) is 2.72. The number of benzene rings is 1. The minimum absolute atomic E-state index is 0.582. The first kappa shape index (κ1) is 17.8. The Morgan fingerprint density at radius 1 is 1.18 bits per heavy atom. The van der Waals surface area contributed by atoms with Crippen LogP contribution in [0.3, 0.4) is 0 Å². The highest BCUT2D eigenvalue weighted by atomic mass is 16.5. The van der Waals surface area contributed by atoms with Gasteiger partial charge in [0, 0.05) is 42.8 Å². The molecule has 0 bridgehead atoms. The molecule has 0 amide bonds. The number of methoxy groups -OCH3 is 1. The lowest BCUT2D eigenvalue weighted by molar-refractivity contribution is 0.415. The second-order valence-electron chi connectivity index (χ2n) is 6.89. The summed E-state index contributed by atoms with van der Waals surface area (Å²) in [4.78, 5) is 9.08. The monoisotopic (exact) mass is 371 g/mol. The Hall–Kier alpha value is -3.59. The normalized spacial score (nSPS) is 11.0. The van der Waals surface area contributed by atoms with Gasteiger partial charge in [-0.25, -0.2) is 4.98 Å². The molecule has 6 nitrogen and oxygen atoms in total. The van der Waals surface area contributed by atoms with Crippen LogP contribution in [0.25, 0.3) is 17.0 Å². The van der Waals surface area contributed by atoms with E-state index >= 15 is 0 Å². The lowest BCUT2D eigenvalue weighted by Crippen LogP contribution is -2.06. The summed E-state index contributed by atoms with van der Waals surface area (Å²) < 4.78 is 9.81. The van der Waals surface area contributed by atoms with Gasteiger partial charge < -0.3 is 9.30 Å². The van der Waals surface area contributed by atoms with Gasteiger partial charge in [-0.3, -0.25) is 9.55 Å². The number of imidazole rings is 1. The number of rotatable bonds is 4. The topological polar surface area (TPSA) is 68.7 Å². The molecule has 0 saturated carbocycles. The van der Waals surface area contributed by atoms with Crippen molar-refractivity contribution in [3.63, 3.8) is 0 Å². The van der Waals surface area contributed by atoms with Crippen molar-refractivity contribution in [2.75, 3.05) is 7.11 Å². The van der Waals surface area contributed by atoms with Crippen LogP contribution >= 0.6 is 0 Å². The summed E-state index contributed by atoms with van der Waals surface area (Å²) in [6.45, 7) is 4.09. The number of hydrogen-bond donors (Lipinski definition) is 0. The average Bonchev–Trinajstić information content (AvgIpc) is 3.21. The van der Waals surface area contributed by atoms with Crippen LogP contribution in [0.15, 0.2) is 42.7 Å². The van der Waals surface area contributed by atoms with Gasteiger partial charge in [0.25, 0.3) is 0 Å². The summed E-state index contributed by atoms with van der Waals surface area (Å²) in [5.41, 5.74) is 6.20. The molecule has 0 unspecified atom stereocenters. The van der Waals surface area contributed by atoms with Crippen molar-refractivity contribution in [3.05, 3.63) is 70.8 Å². The largest absolute Gasteiger partial charge is 0.494 e. The van der Waals surface area contributed by atoms with Crippen LogP contribution in [-0.4, -0.2) is 26.2 Å². The van der Waals surface area contributed by atoms with E-state index in [0.717, 1.165) is 34.0 Å². The van der Waals surface area contributed by atoms with E-state index in [1.165, 1.54) is 0 Å². The number of nitrogens with zero attached hydrogens (tertiary/aromatic N) is 5. The smallest absolute Gasteiger partial charge is 0.215 e. The van der Waals surface area contributed by atoms with Crippen LogP contribution < -0.4 is 4.74 Å². The molecule has 0 N–H and O–H groups in total. The van der Waals surface area contributed by atoms with Crippen molar-refractivity contribution in [3.8, 4) is 17.8 Å². The molecule has 0 saturated heterocycles. The molecular formula is C22H21N5O. The minimum Gasteiger partial charge on any atom is -0.494 e. The summed E-state index contributed by atoms with van der Waals surface area (Å²) in [5.74, 6) is 1.46. The van der Waals surface area contributed by atoms with Crippen molar-refractivity contribution in [2.24, 2.45) is 7.05 Å². The molecule has 0 spiro atoms. The van der Waals surface area contributed by atoms with Gasteiger partial charge in [-0.05, 0) is 43.7 Å². The molecule has 0 fully saturated rings. The zero-order valence-corrected chi connectivity index (χ0v) is 16.4. The van der Waals surface area contributed by atoms with E-state index in [0.29, 0.717) is 23.3 Å². The van der Waals surface area contributed by atoms with Crippen molar-refractivity contribution in [2.45, 2.75) is 20.3 Å². The summed E-state index contributed by atoms with van der Waals surface area (Å²) in [5, 5.41) is 9.81. The molecule has 28 heavy (non-hydrogen) atoms. The Balaban J connectivity index is 1.99. The third-order valence-corrected chi connectivity index (χ3v) is 5.07. The molecule has 0 atom stereocenters. The molecule has 3 heterocycles. The summed E-state index contributed by atoms with van der Waals surface area (Å²) in [6.07, 6.45) is 4.19. The first-order valence-electron chi connectivity index (χ1n) is 9.05. The predicted molar refractivity (Wildman–Crippen MR) is 108 cm³/mol. The number of nitriles is 1. The molecule has 0 aliphatic heterocycles. The fourth-order valence-electron chi connectivity index (χ4n) is 3.76. The Labute approximate surface area is 163 Å². The second kappa shape index (κ2) is 6.86. The van der Waals surface area contributed by atoms with Crippen molar-refractivity contribution < 1.29 is 4.74 Å². The zero-order valence-electron chi connectivity index (χ0n) is 16.4. The molecular weight excluding hydrogens is 350 g/mol. The summed E-state index contributed by atoms with van der Waals surface area (Å²) in [6, 6.07) is 12.3. The van der Waals surface area contributed by atoms with E-state index in [9.17, 15) is 5.26 Å². The van der Waals surface area contributed by atoms with Crippen molar-refractivity contribution in [1.29, 1.82) is 5.26 Å². The molecule has 3 aromatic heterocycles. The van der Waals surface area contributed by atoms with Gasteiger partial charge in [0.1, 0.15) is 17.3 Å². The maximum absolute atomic E-state index is 9.81. The first-order chi connectivity index (χ1) is 13.5. The van der Waals surface area contributed by atoms with Gasteiger partial charge in [-0.1, -0.05) is 6.07 Å². The highest BCUT2D eigenvalue weighted by Gasteiger charge is 2.21. The van der Waals surface area contributed by atoms with Crippen molar-refractivity contribution >= 4 is 11.0 Å². The van der Waals surface area contributed by atoms with E-state index in [1.807, 2.05) is 49.9 Å². The Morgan fingerprint density at radius 3 is 2.54 bits per heavy atom. The number of hydrogen-bond acceptors (Lipinski definition) is 4.